The minimum atomic E-state index is -1.15. The van der Waals surface area contributed by atoms with Crippen LogP contribution in [-0.4, -0.2) is 45.8 Å². The Hall–Kier alpha value is -3.00. The van der Waals surface area contributed by atoms with Crippen molar-refractivity contribution in [1.29, 1.82) is 0 Å². The molecule has 0 radical (unpaired) electrons. The molecule has 2 N–H and O–H groups in total. The average Bonchev–Trinajstić information content (AvgIpc) is 2.98. The summed E-state index contributed by atoms with van der Waals surface area (Å²) < 4.78 is 0.898. The molecule has 162 valence electrons. The van der Waals surface area contributed by atoms with E-state index in [1.165, 1.54) is 6.07 Å². The first-order valence-corrected chi connectivity index (χ1v) is 10.8. The molecule has 1 fully saturated rings. The second-order valence-electron chi connectivity index (χ2n) is 7.56. The van der Waals surface area contributed by atoms with Gasteiger partial charge in [-0.15, -0.1) is 0 Å². The lowest BCUT2D eigenvalue weighted by Gasteiger charge is -2.25. The van der Waals surface area contributed by atoms with Crippen LogP contribution >= 0.6 is 15.9 Å². The van der Waals surface area contributed by atoms with E-state index in [1.54, 1.807) is 25.1 Å². The normalized spacial score (nSPS) is 18.2. The number of Topliss-reactive ketones (excluding diaryl/α,β-unsaturated/α-hetero) is 1. The Morgan fingerprint density at radius 1 is 1.10 bits per heavy atom. The molecule has 1 aliphatic rings. The topological polar surface area (TPSA) is 104 Å². The number of carbonyl (C=O) groups excluding carboxylic acids is 3. The van der Waals surface area contributed by atoms with Crippen molar-refractivity contribution in [3.63, 3.8) is 0 Å². The van der Waals surface area contributed by atoms with Gasteiger partial charge in [-0.1, -0.05) is 53.2 Å². The van der Waals surface area contributed by atoms with Gasteiger partial charge in [-0.05, 0) is 48.6 Å². The van der Waals surface area contributed by atoms with Crippen LogP contribution in [0.2, 0.25) is 0 Å². The molecule has 2 aromatic rings. The number of carboxylic acid groups (broad SMARTS) is 1. The molecule has 7 nitrogen and oxygen atoms in total. The molecule has 0 bridgehead atoms. The number of carbonyl (C=O) groups is 4. The van der Waals surface area contributed by atoms with Gasteiger partial charge < -0.3 is 10.4 Å². The van der Waals surface area contributed by atoms with E-state index in [9.17, 15) is 24.3 Å². The van der Waals surface area contributed by atoms with Crippen molar-refractivity contribution in [3.05, 3.63) is 69.7 Å². The molecule has 8 heteroatoms. The molecule has 2 aromatic carbocycles. The van der Waals surface area contributed by atoms with Crippen LogP contribution in [0.3, 0.4) is 0 Å². The molecular formula is C23H23BrN2O5. The van der Waals surface area contributed by atoms with Gasteiger partial charge in [0, 0.05) is 10.9 Å². The Kier molecular flexibility index (Phi) is 6.90. The third-order valence-corrected chi connectivity index (χ3v) is 6.10. The average molecular weight is 487 g/mol. The number of nitrogens with one attached hydrogen (secondary N) is 1. The summed E-state index contributed by atoms with van der Waals surface area (Å²) in [4.78, 5) is 50.5. The van der Waals surface area contributed by atoms with E-state index in [-0.39, 0.29) is 30.7 Å². The van der Waals surface area contributed by atoms with Crippen molar-refractivity contribution in [2.24, 2.45) is 0 Å². The van der Waals surface area contributed by atoms with E-state index in [4.69, 9.17) is 0 Å². The smallest absolute Gasteiger partial charge is 0.335 e. The van der Waals surface area contributed by atoms with Crippen molar-refractivity contribution in [2.75, 3.05) is 6.54 Å². The zero-order valence-electron chi connectivity index (χ0n) is 17.1. The van der Waals surface area contributed by atoms with Crippen LogP contribution in [0.25, 0.3) is 0 Å². The number of imide groups is 1. The molecule has 3 rings (SSSR count). The van der Waals surface area contributed by atoms with Crippen molar-refractivity contribution >= 4 is 39.6 Å². The van der Waals surface area contributed by atoms with Gasteiger partial charge in [0.1, 0.15) is 5.54 Å². The molecule has 3 amide bonds. The molecule has 0 saturated carbocycles. The fourth-order valence-corrected chi connectivity index (χ4v) is 4.03. The van der Waals surface area contributed by atoms with Gasteiger partial charge in [0.2, 0.25) is 0 Å². The van der Waals surface area contributed by atoms with Gasteiger partial charge in [0.25, 0.3) is 5.91 Å². The third-order valence-electron chi connectivity index (χ3n) is 5.57. The minimum Gasteiger partial charge on any atom is -0.478 e. The number of rotatable bonds is 9. The van der Waals surface area contributed by atoms with Gasteiger partial charge in [-0.3, -0.25) is 14.5 Å². The number of hydrogen-bond acceptors (Lipinski definition) is 4. The first-order chi connectivity index (χ1) is 14.8. The van der Waals surface area contributed by atoms with E-state index < -0.39 is 23.4 Å². The van der Waals surface area contributed by atoms with Crippen LogP contribution in [0.15, 0.2) is 53.0 Å². The van der Waals surface area contributed by atoms with Crippen molar-refractivity contribution < 1.29 is 24.3 Å². The molecular weight excluding hydrogens is 464 g/mol. The van der Waals surface area contributed by atoms with Crippen LogP contribution < -0.4 is 5.32 Å². The second kappa shape index (κ2) is 9.43. The van der Waals surface area contributed by atoms with Crippen LogP contribution in [0.4, 0.5) is 4.79 Å². The van der Waals surface area contributed by atoms with Gasteiger partial charge in [-0.25, -0.2) is 9.59 Å². The number of aromatic carboxylic acids is 1. The number of urea groups is 1. The van der Waals surface area contributed by atoms with Gasteiger partial charge in [0.05, 0.1) is 12.1 Å². The molecule has 1 saturated heterocycles. The highest BCUT2D eigenvalue weighted by Gasteiger charge is 2.49. The Morgan fingerprint density at radius 2 is 1.77 bits per heavy atom. The highest BCUT2D eigenvalue weighted by atomic mass is 79.9. The number of halogens is 1. The molecule has 31 heavy (non-hydrogen) atoms. The summed E-state index contributed by atoms with van der Waals surface area (Å²) in [6.07, 6.45) is 1.01. The van der Waals surface area contributed by atoms with E-state index in [1.807, 2.05) is 24.3 Å². The van der Waals surface area contributed by atoms with E-state index >= 15 is 0 Å². The molecule has 0 aliphatic carbocycles. The number of benzene rings is 2. The maximum Gasteiger partial charge on any atom is 0.335 e. The summed E-state index contributed by atoms with van der Waals surface area (Å²) in [5, 5.41) is 12.1. The quantitative estimate of drug-likeness (QED) is 0.527. The number of ketones is 1. The Bertz CT molecular complexity index is 1020. The lowest BCUT2D eigenvalue weighted by atomic mass is 9.87. The largest absolute Gasteiger partial charge is 0.478 e. The van der Waals surface area contributed by atoms with Gasteiger partial charge in [0.15, 0.2) is 5.78 Å². The summed E-state index contributed by atoms with van der Waals surface area (Å²) in [5.74, 6) is -1.73. The molecule has 0 aromatic heterocycles. The zero-order chi connectivity index (χ0) is 22.6. The van der Waals surface area contributed by atoms with Crippen LogP contribution in [0.5, 0.6) is 0 Å². The second-order valence-corrected chi connectivity index (χ2v) is 8.48. The molecule has 1 aliphatic heterocycles. The lowest BCUT2D eigenvalue weighted by molar-refractivity contribution is -0.134. The fourth-order valence-electron chi connectivity index (χ4n) is 3.76. The molecule has 1 unspecified atom stereocenters. The summed E-state index contributed by atoms with van der Waals surface area (Å²) in [6, 6.07) is 13.3. The minimum absolute atomic E-state index is 0.120. The lowest BCUT2D eigenvalue weighted by Crippen LogP contribution is -2.47. The van der Waals surface area contributed by atoms with E-state index in [0.717, 1.165) is 14.9 Å². The molecule has 0 spiro atoms. The number of amides is 3. The highest BCUT2D eigenvalue weighted by molar-refractivity contribution is 9.10. The van der Waals surface area contributed by atoms with Crippen molar-refractivity contribution in [1.82, 2.24) is 10.2 Å². The Morgan fingerprint density at radius 3 is 2.42 bits per heavy atom. The number of carboxylic acids is 1. The third kappa shape index (κ3) is 5.02. The van der Waals surface area contributed by atoms with Crippen LogP contribution in [0, 0.1) is 0 Å². The number of hydrogen-bond donors (Lipinski definition) is 2. The first kappa shape index (κ1) is 22.7. The fraction of sp³-hybridized carbons (Fsp3) is 0.304. The maximum atomic E-state index is 13.1. The summed E-state index contributed by atoms with van der Waals surface area (Å²) in [5.41, 5.74) is 0.412. The van der Waals surface area contributed by atoms with Crippen LogP contribution in [0.1, 0.15) is 41.3 Å². The Balaban J connectivity index is 1.70. The van der Waals surface area contributed by atoms with E-state index in [0.29, 0.717) is 18.4 Å². The predicted molar refractivity (Wildman–Crippen MR) is 118 cm³/mol. The zero-order valence-corrected chi connectivity index (χ0v) is 18.6. The van der Waals surface area contributed by atoms with Crippen molar-refractivity contribution in [3.8, 4) is 0 Å². The van der Waals surface area contributed by atoms with Crippen LogP contribution in [-0.2, 0) is 22.4 Å². The van der Waals surface area contributed by atoms with Gasteiger partial charge >= 0.3 is 12.0 Å². The highest BCUT2D eigenvalue weighted by Crippen LogP contribution is 2.28. The van der Waals surface area contributed by atoms with Crippen molar-refractivity contribution in [2.45, 2.75) is 38.1 Å². The predicted octanol–water partition coefficient (Wildman–Crippen LogP) is 3.59. The summed E-state index contributed by atoms with van der Waals surface area (Å²) in [7, 11) is 0. The number of nitrogens with zero attached hydrogens (tertiary/aromatic N) is 1. The maximum absolute atomic E-state index is 13.1. The SMILES string of the molecule is CCC1(CCc2ccccc2C(=O)O)NC(=O)N(CC(=O)Cc2ccc(Br)cc2)C1=O. The summed E-state index contributed by atoms with van der Waals surface area (Å²) >= 11 is 3.34. The number of aryl methyl sites for hydroxylation is 1. The first-order valence-electron chi connectivity index (χ1n) is 9.97. The standard InChI is InChI=1S/C23H23BrN2O5/c1-2-23(12-11-16-5-3-4-6-19(16)20(28)29)21(30)26(22(31)25-23)14-18(27)13-15-7-9-17(24)10-8-15/h3-10H,2,11-14H2,1H3,(H,25,31)(H,28,29). The Labute approximate surface area is 188 Å². The molecule has 1 atom stereocenters. The molecule has 1 heterocycles. The monoisotopic (exact) mass is 486 g/mol. The van der Waals surface area contributed by atoms with E-state index in [2.05, 4.69) is 21.2 Å². The summed E-state index contributed by atoms with van der Waals surface area (Å²) in [6.45, 7) is 1.49. The van der Waals surface area contributed by atoms with Gasteiger partial charge in [-0.2, -0.15) is 0 Å².